The van der Waals surface area contributed by atoms with Gasteiger partial charge in [0.1, 0.15) is 0 Å². The fraction of sp³-hybridized carbons (Fsp3) is 0.333. The molecule has 0 aliphatic carbocycles. The van der Waals surface area contributed by atoms with E-state index >= 15 is 0 Å². The molecule has 0 bridgehead atoms. The Morgan fingerprint density at radius 2 is 1.92 bits per heavy atom. The van der Waals surface area contributed by atoms with Gasteiger partial charge in [0.25, 0.3) is 5.91 Å². The zero-order valence-electron chi connectivity index (χ0n) is 15.4. The van der Waals surface area contributed by atoms with Crippen molar-refractivity contribution in [1.29, 1.82) is 0 Å². The quantitative estimate of drug-likeness (QED) is 0.814. The zero-order chi connectivity index (χ0) is 18.5. The second-order valence-corrected chi connectivity index (χ2v) is 6.63. The molecule has 1 aliphatic heterocycles. The first-order valence-electron chi connectivity index (χ1n) is 9.01. The van der Waals surface area contributed by atoms with Crippen LogP contribution in [0.3, 0.4) is 0 Å². The fourth-order valence-electron chi connectivity index (χ4n) is 3.30. The number of carbonyl (C=O) groups excluding carboxylic acids is 2. The number of hydrogen-bond donors (Lipinski definition) is 1. The van der Waals surface area contributed by atoms with Crippen molar-refractivity contribution in [2.45, 2.75) is 19.8 Å². The third-order valence-corrected chi connectivity index (χ3v) is 4.77. The van der Waals surface area contributed by atoms with Crippen LogP contribution in [-0.4, -0.2) is 38.5 Å². The smallest absolute Gasteiger partial charge is 0.251 e. The van der Waals surface area contributed by atoms with Crippen LogP contribution in [0.5, 0.6) is 0 Å². The summed E-state index contributed by atoms with van der Waals surface area (Å²) in [4.78, 5) is 27.9. The predicted molar refractivity (Wildman–Crippen MR) is 105 cm³/mol. The third kappa shape index (κ3) is 4.04. The Morgan fingerprint density at radius 1 is 1.15 bits per heavy atom. The first kappa shape index (κ1) is 18.0. The summed E-state index contributed by atoms with van der Waals surface area (Å²) in [6, 6.07) is 15.8. The molecule has 1 N–H and O–H groups in total. The Labute approximate surface area is 154 Å². The highest BCUT2D eigenvalue weighted by molar-refractivity contribution is 5.97. The number of hydrogen-bond acceptors (Lipinski definition) is 3. The second-order valence-electron chi connectivity index (χ2n) is 6.63. The van der Waals surface area contributed by atoms with E-state index in [1.54, 1.807) is 17.9 Å². The molecule has 26 heavy (non-hydrogen) atoms. The SMILES string of the molecule is CC(=O)N1CCc2cc(C(=O)NCCCN(C)c3ccccc3)ccc21. The predicted octanol–water partition coefficient (Wildman–Crippen LogP) is 2.85. The molecule has 0 unspecified atom stereocenters. The molecule has 0 fully saturated rings. The van der Waals surface area contributed by atoms with Crippen molar-refractivity contribution in [3.8, 4) is 0 Å². The topological polar surface area (TPSA) is 52.7 Å². The lowest BCUT2D eigenvalue weighted by Gasteiger charge is -2.19. The molecule has 5 heteroatoms. The number of nitrogens with one attached hydrogen (secondary N) is 1. The Hall–Kier alpha value is -2.82. The van der Waals surface area contributed by atoms with Crippen LogP contribution < -0.4 is 15.1 Å². The van der Waals surface area contributed by atoms with Crippen LogP contribution in [0.25, 0.3) is 0 Å². The molecule has 1 heterocycles. The summed E-state index contributed by atoms with van der Waals surface area (Å²) < 4.78 is 0. The van der Waals surface area contributed by atoms with Gasteiger partial charge in [-0.05, 0) is 48.7 Å². The number of carbonyl (C=O) groups is 2. The minimum Gasteiger partial charge on any atom is -0.375 e. The van der Waals surface area contributed by atoms with Crippen molar-refractivity contribution in [3.05, 3.63) is 59.7 Å². The van der Waals surface area contributed by atoms with Crippen LogP contribution >= 0.6 is 0 Å². The Kier molecular flexibility index (Phi) is 5.56. The maximum atomic E-state index is 12.4. The molecule has 0 radical (unpaired) electrons. The number of benzene rings is 2. The van der Waals surface area contributed by atoms with E-state index in [-0.39, 0.29) is 11.8 Å². The van der Waals surface area contributed by atoms with Gasteiger partial charge in [-0.25, -0.2) is 0 Å². The van der Waals surface area contributed by atoms with Crippen LogP contribution in [0, 0.1) is 0 Å². The van der Waals surface area contributed by atoms with Gasteiger partial charge < -0.3 is 15.1 Å². The summed E-state index contributed by atoms with van der Waals surface area (Å²) in [6.45, 7) is 3.78. The molecule has 0 atom stereocenters. The van der Waals surface area contributed by atoms with Crippen molar-refractivity contribution < 1.29 is 9.59 Å². The van der Waals surface area contributed by atoms with E-state index in [4.69, 9.17) is 0 Å². The van der Waals surface area contributed by atoms with Crippen LogP contribution in [0.1, 0.15) is 29.3 Å². The van der Waals surface area contributed by atoms with Gasteiger partial charge in [-0.1, -0.05) is 18.2 Å². The molecule has 2 aromatic carbocycles. The lowest BCUT2D eigenvalue weighted by atomic mass is 10.1. The molecular formula is C21H25N3O2. The Morgan fingerprint density at radius 3 is 2.65 bits per heavy atom. The van der Waals surface area contributed by atoms with Crippen LogP contribution in [0.2, 0.25) is 0 Å². The highest BCUT2D eigenvalue weighted by Crippen LogP contribution is 2.28. The molecule has 2 amide bonds. The Balaban J connectivity index is 1.49. The number of nitrogens with zero attached hydrogens (tertiary/aromatic N) is 2. The molecule has 2 aromatic rings. The summed E-state index contributed by atoms with van der Waals surface area (Å²) in [5, 5.41) is 2.98. The van der Waals surface area contributed by atoms with E-state index in [1.807, 2.05) is 30.3 Å². The van der Waals surface area contributed by atoms with Crippen LogP contribution in [0.15, 0.2) is 48.5 Å². The maximum Gasteiger partial charge on any atom is 0.251 e. The van der Waals surface area contributed by atoms with Gasteiger partial charge >= 0.3 is 0 Å². The molecule has 3 rings (SSSR count). The van der Waals surface area contributed by atoms with Gasteiger partial charge in [0.2, 0.25) is 5.91 Å². The average molecular weight is 351 g/mol. The van der Waals surface area contributed by atoms with Crippen molar-refractivity contribution in [3.63, 3.8) is 0 Å². The molecular weight excluding hydrogens is 326 g/mol. The standard InChI is InChI=1S/C21H25N3O2/c1-16(25)24-14-11-17-15-18(9-10-20(17)24)21(26)22-12-6-13-23(2)19-7-4-3-5-8-19/h3-5,7-10,15H,6,11-14H2,1-2H3,(H,22,26). The zero-order valence-corrected chi connectivity index (χ0v) is 15.4. The van der Waals surface area contributed by atoms with Crippen molar-refractivity contribution in [1.82, 2.24) is 5.32 Å². The lowest BCUT2D eigenvalue weighted by molar-refractivity contribution is -0.116. The molecule has 0 saturated heterocycles. The summed E-state index contributed by atoms with van der Waals surface area (Å²) in [5.74, 6) is -0.0140. The largest absolute Gasteiger partial charge is 0.375 e. The summed E-state index contributed by atoms with van der Waals surface area (Å²) in [6.07, 6.45) is 1.68. The van der Waals surface area contributed by atoms with Gasteiger partial charge in [-0.15, -0.1) is 0 Å². The van der Waals surface area contributed by atoms with Crippen LogP contribution in [0.4, 0.5) is 11.4 Å². The first-order valence-corrected chi connectivity index (χ1v) is 9.01. The molecule has 5 nitrogen and oxygen atoms in total. The third-order valence-electron chi connectivity index (χ3n) is 4.77. The number of para-hydroxylation sites is 1. The summed E-state index contributed by atoms with van der Waals surface area (Å²) in [7, 11) is 2.05. The van der Waals surface area contributed by atoms with E-state index < -0.39 is 0 Å². The van der Waals surface area contributed by atoms with Gasteiger partial charge in [0.05, 0.1) is 0 Å². The number of rotatable bonds is 6. The van der Waals surface area contributed by atoms with E-state index in [2.05, 4.69) is 29.4 Å². The monoisotopic (exact) mass is 351 g/mol. The van der Waals surface area contributed by atoms with Crippen molar-refractivity contribution in [2.75, 3.05) is 36.5 Å². The minimum atomic E-state index is -0.0589. The average Bonchev–Trinajstić information content (AvgIpc) is 3.09. The first-order chi connectivity index (χ1) is 12.6. The van der Waals surface area contributed by atoms with Gasteiger partial charge in [0.15, 0.2) is 0 Å². The van der Waals surface area contributed by atoms with Gasteiger partial charge in [-0.3, -0.25) is 9.59 Å². The Bertz CT molecular complexity index is 789. The van der Waals surface area contributed by atoms with E-state index in [0.717, 1.165) is 30.6 Å². The molecule has 136 valence electrons. The highest BCUT2D eigenvalue weighted by Gasteiger charge is 2.23. The molecule has 0 saturated carbocycles. The van der Waals surface area contributed by atoms with E-state index in [1.165, 1.54) is 5.69 Å². The summed E-state index contributed by atoms with van der Waals surface area (Å²) in [5.41, 5.74) is 3.83. The highest BCUT2D eigenvalue weighted by atomic mass is 16.2. The molecule has 0 aromatic heterocycles. The minimum absolute atomic E-state index is 0.0449. The van der Waals surface area contributed by atoms with Crippen LogP contribution in [-0.2, 0) is 11.2 Å². The van der Waals surface area contributed by atoms with E-state index in [0.29, 0.717) is 18.7 Å². The fourth-order valence-corrected chi connectivity index (χ4v) is 3.30. The van der Waals surface area contributed by atoms with Gasteiger partial charge in [-0.2, -0.15) is 0 Å². The van der Waals surface area contributed by atoms with E-state index in [9.17, 15) is 9.59 Å². The van der Waals surface area contributed by atoms with Crippen molar-refractivity contribution >= 4 is 23.2 Å². The second kappa shape index (κ2) is 8.04. The summed E-state index contributed by atoms with van der Waals surface area (Å²) >= 11 is 0. The molecule has 0 spiro atoms. The number of fused-ring (bicyclic) bond motifs is 1. The maximum absolute atomic E-state index is 12.4. The number of anilines is 2. The van der Waals surface area contributed by atoms with Crippen molar-refractivity contribution in [2.24, 2.45) is 0 Å². The number of amides is 2. The normalized spacial score (nSPS) is 12.6. The lowest BCUT2D eigenvalue weighted by Crippen LogP contribution is -2.28. The van der Waals surface area contributed by atoms with Gasteiger partial charge in [0, 0.05) is 50.5 Å². The molecule has 1 aliphatic rings.